The van der Waals surface area contributed by atoms with E-state index >= 15 is 0 Å². The van der Waals surface area contributed by atoms with Gasteiger partial charge in [0.25, 0.3) is 0 Å². The Hall–Kier alpha value is -0.523. The van der Waals surface area contributed by atoms with Crippen LogP contribution < -0.4 is 0 Å². The van der Waals surface area contributed by atoms with Gasteiger partial charge in [-0.2, -0.15) is 0 Å². The lowest BCUT2D eigenvalue weighted by Gasteiger charge is -2.10. The van der Waals surface area contributed by atoms with Crippen molar-refractivity contribution in [3.05, 3.63) is 12.2 Å². The molecule has 0 aliphatic heterocycles. The van der Waals surface area contributed by atoms with E-state index < -0.39 is 9.04 Å². The van der Waals surface area contributed by atoms with Gasteiger partial charge in [0.15, 0.2) is 9.04 Å². The Labute approximate surface area is 82.9 Å². The van der Waals surface area contributed by atoms with Crippen molar-refractivity contribution >= 4 is 9.04 Å². The average Bonchev–Trinajstić information content (AvgIpc) is 2.14. The first-order valence-corrected chi connectivity index (χ1v) is 7.82. The summed E-state index contributed by atoms with van der Waals surface area (Å²) in [7, 11) is -0.861. The van der Waals surface area contributed by atoms with Crippen LogP contribution in [0.1, 0.15) is 19.3 Å². The topological polar surface area (TPSA) is 9.23 Å². The zero-order valence-electron chi connectivity index (χ0n) is 8.55. The lowest BCUT2D eigenvalue weighted by molar-refractivity contribution is 0.382. The monoisotopic (exact) mass is 194 g/mol. The summed E-state index contributed by atoms with van der Waals surface area (Å²) in [6.07, 6.45) is 8.03. The number of rotatable bonds is 2. The van der Waals surface area contributed by atoms with Gasteiger partial charge in [-0.3, -0.25) is 0 Å². The van der Waals surface area contributed by atoms with E-state index in [4.69, 9.17) is 4.43 Å². The van der Waals surface area contributed by atoms with E-state index in [0.29, 0.717) is 12.5 Å². The molecule has 2 heteroatoms. The molecule has 0 saturated heterocycles. The number of allylic oxidation sites excluding steroid dienone is 2. The molecule has 0 aromatic carbocycles. The highest BCUT2D eigenvalue weighted by atomic mass is 28.3. The molecule has 0 fully saturated rings. The van der Waals surface area contributed by atoms with Gasteiger partial charge in [0, 0.05) is 5.92 Å². The summed E-state index contributed by atoms with van der Waals surface area (Å²) < 4.78 is 5.48. The largest absolute Gasteiger partial charge is 0.410 e. The second kappa shape index (κ2) is 6.01. The maximum atomic E-state index is 5.48. The molecule has 1 aliphatic carbocycles. The van der Waals surface area contributed by atoms with Gasteiger partial charge in [0.1, 0.15) is 0 Å². The zero-order chi connectivity index (χ0) is 9.52. The highest BCUT2D eigenvalue weighted by Gasteiger charge is 2.04. The third-order valence-electron chi connectivity index (χ3n) is 2.06. The highest BCUT2D eigenvalue weighted by molar-refractivity contribution is 6.48. The van der Waals surface area contributed by atoms with Crippen molar-refractivity contribution in [1.29, 1.82) is 0 Å². The first-order chi connectivity index (χ1) is 6.29. The number of hydrogen-bond acceptors (Lipinski definition) is 1. The van der Waals surface area contributed by atoms with E-state index in [1.54, 1.807) is 0 Å². The van der Waals surface area contributed by atoms with E-state index in [9.17, 15) is 0 Å². The zero-order valence-corrected chi connectivity index (χ0v) is 9.70. The highest BCUT2D eigenvalue weighted by Crippen LogP contribution is 2.16. The van der Waals surface area contributed by atoms with Crippen LogP contribution in [0.3, 0.4) is 0 Å². The quantitative estimate of drug-likeness (QED) is 0.372. The molecule has 0 bridgehead atoms. The first-order valence-electron chi connectivity index (χ1n) is 5.04. The summed E-state index contributed by atoms with van der Waals surface area (Å²) in [5.41, 5.74) is 0. The van der Waals surface area contributed by atoms with Crippen LogP contribution in [0.15, 0.2) is 12.2 Å². The Bertz CT molecular complexity index is 222. The second-order valence-electron chi connectivity index (χ2n) is 3.66. The molecular weight excluding hydrogens is 176 g/mol. The van der Waals surface area contributed by atoms with E-state index in [2.05, 4.69) is 37.1 Å². The Balaban J connectivity index is 2.18. The molecular formula is C11H18OSi. The van der Waals surface area contributed by atoms with Crippen molar-refractivity contribution in [2.24, 2.45) is 5.92 Å². The molecule has 0 heterocycles. The minimum atomic E-state index is -0.861. The van der Waals surface area contributed by atoms with Gasteiger partial charge >= 0.3 is 0 Å². The molecule has 1 aliphatic rings. The van der Waals surface area contributed by atoms with Gasteiger partial charge < -0.3 is 4.43 Å². The van der Waals surface area contributed by atoms with E-state index in [1.165, 1.54) is 12.8 Å². The normalized spacial score (nSPS) is 21.3. The van der Waals surface area contributed by atoms with Crippen LogP contribution >= 0.6 is 0 Å². The standard InChI is InChI=1S/C11H18OSi/c1-13(2)12-10-6-9-11-7-4-3-5-8-11/h3-4,11,13H,5,7-8,10H2,1-2H3. The smallest absolute Gasteiger partial charge is 0.172 e. The van der Waals surface area contributed by atoms with Gasteiger partial charge in [0.2, 0.25) is 0 Å². The van der Waals surface area contributed by atoms with Gasteiger partial charge in [-0.25, -0.2) is 0 Å². The van der Waals surface area contributed by atoms with Crippen LogP contribution in [0.5, 0.6) is 0 Å². The SMILES string of the molecule is C[SiH](C)OCC#CC1CC=CCC1. The molecule has 0 radical (unpaired) electrons. The average molecular weight is 194 g/mol. The van der Waals surface area contributed by atoms with Crippen LogP contribution in [-0.4, -0.2) is 15.6 Å². The van der Waals surface area contributed by atoms with E-state index in [0.717, 1.165) is 6.42 Å². The molecule has 72 valence electrons. The Kier molecular flexibility index (Phi) is 4.88. The molecule has 0 spiro atoms. The van der Waals surface area contributed by atoms with Crippen molar-refractivity contribution in [2.45, 2.75) is 32.4 Å². The van der Waals surface area contributed by atoms with Crippen molar-refractivity contribution in [3.63, 3.8) is 0 Å². The lowest BCUT2D eigenvalue weighted by atomic mass is 9.95. The summed E-state index contributed by atoms with van der Waals surface area (Å²) >= 11 is 0. The van der Waals surface area contributed by atoms with Crippen LogP contribution in [0.2, 0.25) is 13.1 Å². The summed E-state index contributed by atoms with van der Waals surface area (Å²) in [5, 5.41) is 0. The van der Waals surface area contributed by atoms with Gasteiger partial charge in [-0.15, -0.1) is 0 Å². The molecule has 1 rings (SSSR count). The van der Waals surface area contributed by atoms with E-state index in [1.807, 2.05) is 0 Å². The molecule has 0 amide bonds. The fourth-order valence-electron chi connectivity index (χ4n) is 1.32. The molecule has 1 atom stereocenters. The summed E-state index contributed by atoms with van der Waals surface area (Å²) in [6, 6.07) is 0. The van der Waals surface area contributed by atoms with Crippen molar-refractivity contribution < 1.29 is 4.43 Å². The van der Waals surface area contributed by atoms with Crippen molar-refractivity contribution in [3.8, 4) is 11.8 Å². The summed E-state index contributed by atoms with van der Waals surface area (Å²) in [5.74, 6) is 6.97. The molecule has 0 aromatic rings. The van der Waals surface area contributed by atoms with Crippen molar-refractivity contribution in [2.75, 3.05) is 6.61 Å². The van der Waals surface area contributed by atoms with Gasteiger partial charge in [-0.1, -0.05) is 24.0 Å². The Morgan fingerprint density at radius 3 is 2.92 bits per heavy atom. The van der Waals surface area contributed by atoms with Gasteiger partial charge in [0.05, 0.1) is 6.61 Å². The lowest BCUT2D eigenvalue weighted by Crippen LogP contribution is -2.07. The van der Waals surface area contributed by atoms with Crippen LogP contribution in [0.25, 0.3) is 0 Å². The second-order valence-corrected chi connectivity index (χ2v) is 6.09. The van der Waals surface area contributed by atoms with Crippen molar-refractivity contribution in [1.82, 2.24) is 0 Å². The third kappa shape index (κ3) is 4.92. The van der Waals surface area contributed by atoms with Crippen LogP contribution in [0.4, 0.5) is 0 Å². The number of hydrogen-bond donors (Lipinski definition) is 0. The molecule has 1 nitrogen and oxygen atoms in total. The predicted octanol–water partition coefficient (Wildman–Crippen LogP) is 2.35. The minimum Gasteiger partial charge on any atom is -0.410 e. The van der Waals surface area contributed by atoms with Crippen LogP contribution in [-0.2, 0) is 4.43 Å². The maximum absolute atomic E-state index is 5.48. The molecule has 0 saturated carbocycles. The van der Waals surface area contributed by atoms with Crippen LogP contribution in [0, 0.1) is 17.8 Å². The Morgan fingerprint density at radius 2 is 2.31 bits per heavy atom. The predicted molar refractivity (Wildman–Crippen MR) is 59.1 cm³/mol. The summed E-state index contributed by atoms with van der Waals surface area (Å²) in [4.78, 5) is 0. The molecule has 13 heavy (non-hydrogen) atoms. The Morgan fingerprint density at radius 1 is 1.46 bits per heavy atom. The first kappa shape index (κ1) is 10.6. The minimum absolute atomic E-state index is 0.586. The van der Waals surface area contributed by atoms with Gasteiger partial charge in [-0.05, 0) is 32.4 Å². The summed E-state index contributed by atoms with van der Waals surface area (Å²) in [6.45, 7) is 4.99. The fourth-order valence-corrected chi connectivity index (χ4v) is 1.74. The maximum Gasteiger partial charge on any atom is 0.172 e. The fraction of sp³-hybridized carbons (Fsp3) is 0.636. The molecule has 0 aromatic heterocycles. The molecule has 0 N–H and O–H groups in total. The molecule has 1 unspecified atom stereocenters. The van der Waals surface area contributed by atoms with E-state index in [-0.39, 0.29) is 0 Å². The third-order valence-corrected chi connectivity index (χ3v) is 2.90.